The highest BCUT2D eigenvalue weighted by Crippen LogP contribution is 2.14. The van der Waals surface area contributed by atoms with Crippen LogP contribution in [0.25, 0.3) is 0 Å². The maximum absolute atomic E-state index is 11.3. The number of carboxylic acids is 1. The van der Waals surface area contributed by atoms with Crippen LogP contribution < -0.4 is 10.8 Å². The lowest BCUT2D eigenvalue weighted by atomic mass is 9.97. The average molecular weight is 386 g/mol. The van der Waals surface area contributed by atoms with Crippen molar-refractivity contribution in [2.75, 3.05) is 6.61 Å². The molecule has 0 heterocycles. The molecule has 0 aromatic carbocycles. The summed E-state index contributed by atoms with van der Waals surface area (Å²) in [6.07, 6.45) is 21.5. The topological polar surface area (TPSA) is 105 Å². The Morgan fingerprint density at radius 3 is 1.78 bits per heavy atom. The summed E-state index contributed by atoms with van der Waals surface area (Å²) in [5.41, 5.74) is 3.48. The number of hydrogen-bond acceptors (Lipinski definition) is 4. The van der Waals surface area contributed by atoms with Gasteiger partial charge in [-0.25, -0.2) is 4.79 Å². The van der Waals surface area contributed by atoms with Crippen LogP contribution in [0.4, 0.5) is 0 Å². The fourth-order valence-corrected chi connectivity index (χ4v) is 2.91. The summed E-state index contributed by atoms with van der Waals surface area (Å²) < 4.78 is 0. The molecular weight excluding hydrogens is 342 g/mol. The molecule has 0 saturated heterocycles. The standard InChI is InChI=1S/C20H39NO2.C2H4O2/c1-2-3-4-5-6-7-8-9-10-11-12-13-14-15-16-19(17-18-22)20(21)23;1-2(3)4/h9-10,19,22H,2-8,11-18H2,1H3,(H2,21,23);1H3,(H,3,4)/b10-9-;. The zero-order valence-electron chi connectivity index (χ0n) is 17.7. The van der Waals surface area contributed by atoms with E-state index in [0.29, 0.717) is 6.42 Å². The van der Waals surface area contributed by atoms with Crippen LogP contribution in [0, 0.1) is 5.92 Å². The molecule has 1 unspecified atom stereocenters. The molecular formula is C22H43NO4. The molecule has 0 aromatic heterocycles. The third-order valence-electron chi connectivity index (χ3n) is 4.50. The molecule has 4 N–H and O–H groups in total. The first kappa shape index (κ1) is 28.0. The number of aliphatic hydroxyl groups excluding tert-OH is 1. The molecule has 27 heavy (non-hydrogen) atoms. The molecule has 0 aliphatic rings. The Balaban J connectivity index is 0. The summed E-state index contributed by atoms with van der Waals surface area (Å²) in [6.45, 7) is 3.33. The van der Waals surface area contributed by atoms with Gasteiger partial charge in [0.1, 0.15) is 0 Å². The molecule has 160 valence electrons. The maximum Gasteiger partial charge on any atom is 0.311 e. The van der Waals surface area contributed by atoms with Gasteiger partial charge in [0.05, 0.1) is 5.92 Å². The van der Waals surface area contributed by atoms with E-state index in [-0.39, 0.29) is 18.4 Å². The van der Waals surface area contributed by atoms with E-state index in [2.05, 4.69) is 24.8 Å². The minimum atomic E-state index is -1.08. The van der Waals surface area contributed by atoms with Crippen LogP contribution in [-0.2, 0) is 9.59 Å². The Morgan fingerprint density at radius 1 is 0.889 bits per heavy atom. The van der Waals surface area contributed by atoms with E-state index in [0.717, 1.165) is 19.8 Å². The predicted octanol–water partition coefficient (Wildman–Crippen LogP) is 3.16. The molecule has 0 aliphatic carbocycles. The number of carboxylic acid groups (broad SMARTS) is 1. The number of allylic oxidation sites excluding steroid dienone is 2. The van der Waals surface area contributed by atoms with Gasteiger partial charge in [0.25, 0.3) is 0 Å². The van der Waals surface area contributed by atoms with Gasteiger partial charge in [0.2, 0.25) is 0 Å². The summed E-state index contributed by atoms with van der Waals surface area (Å²) in [5.74, 6) is -1.13. The summed E-state index contributed by atoms with van der Waals surface area (Å²) >= 11 is 0. The van der Waals surface area contributed by atoms with E-state index < -0.39 is 5.97 Å². The second-order valence-electron chi connectivity index (χ2n) is 7.19. The molecule has 1 atom stereocenters. The lowest BCUT2D eigenvalue weighted by Gasteiger charge is -2.08. The first-order valence-corrected chi connectivity index (χ1v) is 10.7. The van der Waals surface area contributed by atoms with Crippen molar-refractivity contribution in [3.63, 3.8) is 0 Å². The summed E-state index contributed by atoms with van der Waals surface area (Å²) in [7, 11) is 0. The van der Waals surface area contributed by atoms with Crippen LogP contribution >= 0.6 is 0 Å². The monoisotopic (exact) mass is 385 g/mol. The van der Waals surface area contributed by atoms with Crippen LogP contribution in [0.15, 0.2) is 12.2 Å². The number of aliphatic carboxylic acids is 1. The minimum Gasteiger partial charge on any atom is -0.550 e. The van der Waals surface area contributed by atoms with E-state index >= 15 is 0 Å². The van der Waals surface area contributed by atoms with Crippen molar-refractivity contribution in [3.8, 4) is 0 Å². The number of hydrogen-bond donors (Lipinski definition) is 2. The SMILES string of the molecule is CC(=O)[O-].CCCCCCCC/C=C\CCCCCCC(CCO)C([NH3+])=O. The summed E-state index contributed by atoms with van der Waals surface area (Å²) in [4.78, 5) is 20.2. The molecule has 0 fully saturated rings. The van der Waals surface area contributed by atoms with Gasteiger partial charge in [0, 0.05) is 12.6 Å². The van der Waals surface area contributed by atoms with Crippen molar-refractivity contribution in [1.29, 1.82) is 0 Å². The number of carbonyl (C=O) groups is 2. The quantitative estimate of drug-likeness (QED) is 0.296. The second-order valence-corrected chi connectivity index (χ2v) is 7.19. The lowest BCUT2D eigenvalue weighted by Crippen LogP contribution is -2.60. The lowest BCUT2D eigenvalue weighted by molar-refractivity contribution is -0.312. The number of quaternary nitrogens is 1. The van der Waals surface area contributed by atoms with Gasteiger partial charge in [-0.15, -0.1) is 0 Å². The van der Waals surface area contributed by atoms with Crippen LogP contribution in [0.3, 0.4) is 0 Å². The van der Waals surface area contributed by atoms with Crippen LogP contribution in [0.5, 0.6) is 0 Å². The Hall–Kier alpha value is -1.20. The van der Waals surface area contributed by atoms with Gasteiger partial charge in [0.15, 0.2) is 0 Å². The molecule has 0 aliphatic heterocycles. The Bertz CT molecular complexity index is 365. The van der Waals surface area contributed by atoms with Gasteiger partial charge >= 0.3 is 5.91 Å². The minimum absolute atomic E-state index is 0.0170. The molecule has 0 bridgehead atoms. The largest absolute Gasteiger partial charge is 0.550 e. The summed E-state index contributed by atoms with van der Waals surface area (Å²) in [5, 5.41) is 17.8. The zero-order chi connectivity index (χ0) is 20.8. The smallest absolute Gasteiger partial charge is 0.311 e. The van der Waals surface area contributed by atoms with E-state index in [9.17, 15) is 4.79 Å². The zero-order valence-corrected chi connectivity index (χ0v) is 17.7. The van der Waals surface area contributed by atoms with Gasteiger partial charge < -0.3 is 15.0 Å². The molecule has 0 saturated carbocycles. The predicted molar refractivity (Wildman–Crippen MR) is 109 cm³/mol. The van der Waals surface area contributed by atoms with Crippen molar-refractivity contribution < 1.29 is 25.5 Å². The Labute approximate surface area is 166 Å². The number of carbonyl (C=O) groups excluding carboxylic acids is 2. The summed E-state index contributed by atoms with van der Waals surface area (Å²) in [6, 6.07) is 0. The van der Waals surface area contributed by atoms with Gasteiger partial charge in [-0.1, -0.05) is 70.4 Å². The third kappa shape index (κ3) is 27.1. The van der Waals surface area contributed by atoms with Gasteiger partial charge in [-0.05, 0) is 45.4 Å². The Kier molecular flexibility index (Phi) is 23.7. The second kappa shape index (κ2) is 22.8. The fourth-order valence-electron chi connectivity index (χ4n) is 2.91. The van der Waals surface area contributed by atoms with Crippen LogP contribution in [0.2, 0.25) is 0 Å². The fraction of sp³-hybridized carbons (Fsp3) is 0.818. The van der Waals surface area contributed by atoms with Crippen molar-refractivity contribution in [3.05, 3.63) is 12.2 Å². The molecule has 5 heteroatoms. The van der Waals surface area contributed by atoms with Crippen LogP contribution in [0.1, 0.15) is 104 Å². The highest BCUT2D eigenvalue weighted by atomic mass is 16.4. The average Bonchev–Trinajstić information content (AvgIpc) is 2.60. The van der Waals surface area contributed by atoms with Gasteiger partial charge in [-0.3, -0.25) is 5.73 Å². The highest BCUT2D eigenvalue weighted by molar-refractivity contribution is 5.67. The normalized spacial score (nSPS) is 11.9. The highest BCUT2D eigenvalue weighted by Gasteiger charge is 2.16. The molecule has 5 nitrogen and oxygen atoms in total. The van der Waals surface area contributed by atoms with Crippen molar-refractivity contribution in [1.82, 2.24) is 0 Å². The van der Waals surface area contributed by atoms with Crippen molar-refractivity contribution >= 4 is 11.9 Å². The van der Waals surface area contributed by atoms with E-state index in [1.54, 1.807) is 0 Å². The number of rotatable bonds is 17. The molecule has 0 radical (unpaired) electrons. The van der Waals surface area contributed by atoms with E-state index in [1.165, 1.54) is 70.6 Å². The Morgan fingerprint density at radius 2 is 1.33 bits per heavy atom. The first-order valence-electron chi connectivity index (χ1n) is 10.7. The van der Waals surface area contributed by atoms with Crippen molar-refractivity contribution in [2.24, 2.45) is 5.92 Å². The van der Waals surface area contributed by atoms with E-state index in [1.807, 2.05) is 0 Å². The van der Waals surface area contributed by atoms with Crippen LogP contribution in [-0.4, -0.2) is 23.6 Å². The first-order chi connectivity index (χ1) is 13.0. The molecule has 0 aromatic rings. The number of amides is 1. The number of aliphatic hydroxyl groups is 1. The molecule has 0 spiro atoms. The van der Waals surface area contributed by atoms with Crippen molar-refractivity contribution in [2.45, 2.75) is 104 Å². The van der Waals surface area contributed by atoms with Gasteiger partial charge in [-0.2, -0.15) is 0 Å². The molecule has 0 rings (SSSR count). The third-order valence-corrected chi connectivity index (χ3v) is 4.50. The number of unbranched alkanes of at least 4 members (excludes halogenated alkanes) is 10. The maximum atomic E-state index is 11.3. The molecule has 1 amide bonds. The van der Waals surface area contributed by atoms with E-state index in [4.69, 9.17) is 15.0 Å².